The van der Waals surface area contributed by atoms with Gasteiger partial charge in [-0.15, -0.1) is 0 Å². The van der Waals surface area contributed by atoms with Crippen molar-refractivity contribution in [2.75, 3.05) is 30.0 Å². The van der Waals surface area contributed by atoms with Gasteiger partial charge in [0.2, 0.25) is 5.91 Å². The smallest absolute Gasteiger partial charge is 0.258 e. The third-order valence-corrected chi connectivity index (χ3v) is 6.71. The zero-order valence-electron chi connectivity index (χ0n) is 14.8. The second kappa shape index (κ2) is 7.53. The van der Waals surface area contributed by atoms with Crippen molar-refractivity contribution in [3.63, 3.8) is 0 Å². The molecule has 1 aliphatic heterocycles. The molecule has 0 aliphatic carbocycles. The minimum absolute atomic E-state index is 0.217. The van der Waals surface area contributed by atoms with Gasteiger partial charge in [-0.05, 0) is 50.2 Å². The molecule has 8 nitrogen and oxygen atoms in total. The second-order valence-corrected chi connectivity index (χ2v) is 8.84. The van der Waals surface area contributed by atoms with E-state index < -0.39 is 20.5 Å². The topological polar surface area (TPSA) is 118 Å². The molecule has 144 valence electrons. The number of amides is 2. The highest BCUT2D eigenvalue weighted by Crippen LogP contribution is 2.30. The van der Waals surface area contributed by atoms with Crippen LogP contribution in [-0.4, -0.2) is 44.3 Å². The highest BCUT2D eigenvalue weighted by molar-refractivity contribution is 7.92. The van der Waals surface area contributed by atoms with Gasteiger partial charge < -0.3 is 20.4 Å². The first-order chi connectivity index (χ1) is 12.8. The van der Waals surface area contributed by atoms with Crippen LogP contribution < -0.4 is 16.0 Å². The van der Waals surface area contributed by atoms with Gasteiger partial charge in [0.1, 0.15) is 6.26 Å². The van der Waals surface area contributed by atoms with Crippen LogP contribution in [0, 0.1) is 0 Å². The summed E-state index contributed by atoms with van der Waals surface area (Å²) in [6.07, 6.45) is 4.26. The van der Waals surface area contributed by atoms with E-state index in [4.69, 9.17) is 4.42 Å². The Balaban J connectivity index is 1.77. The normalized spacial score (nSPS) is 16.5. The first kappa shape index (κ1) is 19.1. The Morgan fingerprint density at radius 1 is 1.11 bits per heavy atom. The molecule has 0 spiro atoms. The molecule has 0 atom stereocenters. The average molecular weight is 391 g/mol. The summed E-state index contributed by atoms with van der Waals surface area (Å²) in [5.41, 5.74) is 1.25. The monoisotopic (exact) mass is 391 g/mol. The molecule has 1 saturated heterocycles. The zero-order valence-corrected chi connectivity index (χ0v) is 15.6. The molecule has 27 heavy (non-hydrogen) atoms. The summed E-state index contributed by atoms with van der Waals surface area (Å²) in [7, 11) is -3.60. The Morgan fingerprint density at radius 3 is 2.37 bits per heavy atom. The maximum atomic E-state index is 12.8. The Labute approximate surface area is 157 Å². The Kier molecular flexibility index (Phi) is 5.33. The second-order valence-electron chi connectivity index (χ2n) is 6.52. The third-order valence-electron chi connectivity index (χ3n) is 4.70. The number of hydrogen-bond acceptors (Lipinski definition) is 6. The van der Waals surface area contributed by atoms with E-state index in [1.165, 1.54) is 18.6 Å². The minimum atomic E-state index is -3.60. The average Bonchev–Trinajstić information content (AvgIpc) is 3.16. The number of nitrogens with one attached hydrogen (secondary N) is 3. The van der Waals surface area contributed by atoms with Gasteiger partial charge in [-0.3, -0.25) is 9.59 Å². The van der Waals surface area contributed by atoms with E-state index in [1.807, 2.05) is 0 Å². The molecule has 1 fully saturated rings. The molecule has 3 N–H and O–H groups in total. The number of rotatable bonds is 5. The molecule has 2 heterocycles. The van der Waals surface area contributed by atoms with Crippen LogP contribution in [0.15, 0.2) is 47.3 Å². The van der Waals surface area contributed by atoms with Crippen molar-refractivity contribution in [2.24, 2.45) is 0 Å². The fourth-order valence-electron chi connectivity index (χ4n) is 3.11. The van der Waals surface area contributed by atoms with Crippen LogP contribution in [-0.2, 0) is 14.6 Å². The van der Waals surface area contributed by atoms with Crippen LogP contribution in [0.5, 0.6) is 0 Å². The van der Waals surface area contributed by atoms with E-state index in [9.17, 15) is 18.0 Å². The summed E-state index contributed by atoms with van der Waals surface area (Å²) in [5.74, 6) is -0.900. The molecule has 1 aromatic heterocycles. The molecule has 0 radical (unpaired) electrons. The molecule has 2 amide bonds. The molecule has 0 saturated carbocycles. The van der Waals surface area contributed by atoms with Crippen molar-refractivity contribution < 1.29 is 22.4 Å². The summed E-state index contributed by atoms with van der Waals surface area (Å²) >= 11 is 0. The number of benzene rings is 1. The van der Waals surface area contributed by atoms with Gasteiger partial charge in [0.05, 0.1) is 11.8 Å². The van der Waals surface area contributed by atoms with Crippen LogP contribution in [0.3, 0.4) is 0 Å². The van der Waals surface area contributed by atoms with Crippen LogP contribution >= 0.6 is 0 Å². The Morgan fingerprint density at radius 2 is 1.78 bits per heavy atom. The van der Waals surface area contributed by atoms with Gasteiger partial charge in [-0.2, -0.15) is 0 Å². The van der Waals surface area contributed by atoms with Crippen molar-refractivity contribution in [2.45, 2.75) is 17.6 Å². The Bertz CT molecular complexity index is 932. The van der Waals surface area contributed by atoms with Crippen molar-refractivity contribution in [1.29, 1.82) is 0 Å². The van der Waals surface area contributed by atoms with Crippen molar-refractivity contribution in [3.05, 3.63) is 48.4 Å². The van der Waals surface area contributed by atoms with E-state index in [0.717, 1.165) is 6.26 Å². The fourth-order valence-corrected chi connectivity index (χ4v) is 4.45. The largest absolute Gasteiger partial charge is 0.472 e. The van der Waals surface area contributed by atoms with Gasteiger partial charge in [0, 0.05) is 17.6 Å². The summed E-state index contributed by atoms with van der Waals surface area (Å²) in [6, 6.07) is 8.09. The predicted molar refractivity (Wildman–Crippen MR) is 101 cm³/mol. The van der Waals surface area contributed by atoms with Crippen molar-refractivity contribution >= 4 is 33.0 Å². The zero-order chi connectivity index (χ0) is 19.5. The standard InChI is InChI=1S/C18H21N3O5S/c1-27(24,25)18(6-8-19-9-7-18)17(23)21-15-4-2-3-14(11-15)20-16(22)13-5-10-26-12-13/h2-5,10-12,19H,6-9H2,1H3,(H,20,22)(H,21,23). The fraction of sp³-hybridized carbons (Fsp3) is 0.333. The maximum absolute atomic E-state index is 12.8. The van der Waals surface area contributed by atoms with Gasteiger partial charge in [-0.25, -0.2) is 8.42 Å². The summed E-state index contributed by atoms with van der Waals surface area (Å²) in [4.78, 5) is 24.9. The molecule has 0 bridgehead atoms. The number of anilines is 2. The SMILES string of the molecule is CS(=O)(=O)C1(C(=O)Nc2cccc(NC(=O)c3ccoc3)c2)CCNCC1. The first-order valence-corrected chi connectivity index (χ1v) is 10.4. The summed E-state index contributed by atoms with van der Waals surface area (Å²) in [5, 5.41) is 8.47. The summed E-state index contributed by atoms with van der Waals surface area (Å²) < 4.78 is 28.1. The number of hydrogen-bond donors (Lipinski definition) is 3. The van der Waals surface area contributed by atoms with Crippen LogP contribution in [0.4, 0.5) is 11.4 Å². The highest BCUT2D eigenvalue weighted by Gasteiger charge is 2.48. The highest BCUT2D eigenvalue weighted by atomic mass is 32.2. The van der Waals surface area contributed by atoms with Gasteiger partial charge in [-0.1, -0.05) is 6.07 Å². The lowest BCUT2D eigenvalue weighted by Crippen LogP contribution is -2.55. The van der Waals surface area contributed by atoms with E-state index in [2.05, 4.69) is 16.0 Å². The van der Waals surface area contributed by atoms with E-state index in [-0.39, 0.29) is 18.7 Å². The van der Waals surface area contributed by atoms with E-state index in [1.54, 1.807) is 24.3 Å². The van der Waals surface area contributed by atoms with E-state index in [0.29, 0.717) is 30.0 Å². The van der Waals surface area contributed by atoms with Crippen molar-refractivity contribution in [1.82, 2.24) is 5.32 Å². The lowest BCUT2D eigenvalue weighted by molar-refractivity contribution is -0.119. The number of piperidine rings is 1. The summed E-state index contributed by atoms with van der Waals surface area (Å²) in [6.45, 7) is 0.919. The maximum Gasteiger partial charge on any atom is 0.258 e. The molecule has 9 heteroatoms. The number of furan rings is 1. The molecular weight excluding hydrogens is 370 g/mol. The van der Waals surface area contributed by atoms with Gasteiger partial charge >= 0.3 is 0 Å². The van der Waals surface area contributed by atoms with Crippen LogP contribution in [0.25, 0.3) is 0 Å². The quantitative estimate of drug-likeness (QED) is 0.713. The van der Waals surface area contributed by atoms with Crippen LogP contribution in [0.1, 0.15) is 23.2 Å². The van der Waals surface area contributed by atoms with Gasteiger partial charge in [0.25, 0.3) is 5.91 Å². The Hall–Kier alpha value is -2.65. The minimum Gasteiger partial charge on any atom is -0.472 e. The first-order valence-electron chi connectivity index (χ1n) is 8.47. The number of carbonyl (C=O) groups excluding carboxylic acids is 2. The lowest BCUT2D eigenvalue weighted by atomic mass is 9.95. The molecule has 1 aliphatic rings. The lowest BCUT2D eigenvalue weighted by Gasteiger charge is -2.34. The molecule has 3 rings (SSSR count). The third kappa shape index (κ3) is 4.04. The molecular formula is C18H21N3O5S. The van der Waals surface area contributed by atoms with Gasteiger partial charge in [0.15, 0.2) is 14.6 Å². The van der Waals surface area contributed by atoms with E-state index >= 15 is 0 Å². The number of carbonyl (C=O) groups is 2. The molecule has 2 aromatic rings. The molecule has 0 unspecified atom stereocenters. The number of sulfone groups is 1. The predicted octanol–water partition coefficient (Wildman–Crippen LogP) is 1.64. The van der Waals surface area contributed by atoms with Crippen molar-refractivity contribution in [3.8, 4) is 0 Å². The molecule has 1 aromatic carbocycles. The van der Waals surface area contributed by atoms with Crippen LogP contribution in [0.2, 0.25) is 0 Å².